The van der Waals surface area contributed by atoms with E-state index in [1.54, 1.807) is 11.8 Å². The van der Waals surface area contributed by atoms with Crippen LogP contribution in [0.2, 0.25) is 0 Å². The van der Waals surface area contributed by atoms with Gasteiger partial charge in [0.05, 0.1) is 6.61 Å². The van der Waals surface area contributed by atoms with Crippen molar-refractivity contribution in [2.45, 2.75) is 19.8 Å². The van der Waals surface area contributed by atoms with Crippen molar-refractivity contribution in [3.05, 3.63) is 46.7 Å². The SMILES string of the molecule is C=C(NCCO)/C1=C/C=C(/N)C/C(CC)=C\SC1. The van der Waals surface area contributed by atoms with Crippen molar-refractivity contribution in [2.24, 2.45) is 5.73 Å². The van der Waals surface area contributed by atoms with E-state index in [0.717, 1.165) is 35.6 Å². The molecule has 0 amide bonds. The Bertz CT molecular complexity index is 383. The molecule has 0 saturated carbocycles. The van der Waals surface area contributed by atoms with Gasteiger partial charge in [-0.15, -0.1) is 11.8 Å². The molecule has 4 heteroatoms. The Balaban J connectivity index is 2.75. The number of rotatable bonds is 5. The molecule has 0 saturated heterocycles. The molecule has 0 aromatic carbocycles. The van der Waals surface area contributed by atoms with Crippen molar-refractivity contribution in [2.75, 3.05) is 18.9 Å². The number of aliphatic hydroxyl groups excluding tert-OH is 1. The molecule has 0 atom stereocenters. The van der Waals surface area contributed by atoms with Gasteiger partial charge in [-0.2, -0.15) is 0 Å². The van der Waals surface area contributed by atoms with Gasteiger partial charge in [-0.3, -0.25) is 0 Å². The number of nitrogens with two attached hydrogens (primary N) is 1. The second-order valence-electron chi connectivity index (χ2n) is 4.18. The van der Waals surface area contributed by atoms with Crippen LogP contribution in [-0.4, -0.2) is 24.0 Å². The number of hydrogen-bond acceptors (Lipinski definition) is 4. The molecule has 1 rings (SSSR count). The summed E-state index contributed by atoms with van der Waals surface area (Å²) in [4.78, 5) is 0. The first-order valence-electron chi connectivity index (χ1n) is 6.16. The minimum atomic E-state index is 0.108. The van der Waals surface area contributed by atoms with E-state index in [-0.39, 0.29) is 6.61 Å². The van der Waals surface area contributed by atoms with E-state index < -0.39 is 0 Å². The quantitative estimate of drug-likeness (QED) is 0.714. The van der Waals surface area contributed by atoms with Gasteiger partial charge in [0.25, 0.3) is 0 Å². The largest absolute Gasteiger partial charge is 0.402 e. The lowest BCUT2D eigenvalue weighted by atomic mass is 10.1. The number of hydrogen-bond donors (Lipinski definition) is 3. The van der Waals surface area contributed by atoms with Crippen molar-refractivity contribution >= 4 is 11.8 Å². The fourth-order valence-electron chi connectivity index (χ4n) is 1.58. The fraction of sp³-hybridized carbons (Fsp3) is 0.429. The molecule has 3 nitrogen and oxygen atoms in total. The van der Waals surface area contributed by atoms with Crippen LogP contribution in [0.1, 0.15) is 19.8 Å². The number of aliphatic hydroxyl groups is 1. The first-order chi connectivity index (χ1) is 8.67. The molecule has 0 fully saturated rings. The lowest BCUT2D eigenvalue weighted by molar-refractivity contribution is 0.297. The molecule has 18 heavy (non-hydrogen) atoms. The summed E-state index contributed by atoms with van der Waals surface area (Å²) in [5, 5.41) is 14.1. The normalized spacial score (nSPS) is 25.3. The van der Waals surface area contributed by atoms with Crippen LogP contribution in [0.3, 0.4) is 0 Å². The zero-order valence-electron chi connectivity index (χ0n) is 10.9. The average molecular weight is 266 g/mol. The molecule has 0 aliphatic carbocycles. The summed E-state index contributed by atoms with van der Waals surface area (Å²) in [6.07, 6.45) is 5.84. The van der Waals surface area contributed by atoms with Gasteiger partial charge >= 0.3 is 0 Å². The van der Waals surface area contributed by atoms with E-state index >= 15 is 0 Å². The van der Waals surface area contributed by atoms with Gasteiger partial charge < -0.3 is 16.2 Å². The van der Waals surface area contributed by atoms with Crippen molar-refractivity contribution in [3.8, 4) is 0 Å². The lowest BCUT2D eigenvalue weighted by Crippen LogP contribution is -2.18. The van der Waals surface area contributed by atoms with E-state index in [2.05, 4.69) is 24.2 Å². The summed E-state index contributed by atoms with van der Waals surface area (Å²) < 4.78 is 0. The second-order valence-corrected chi connectivity index (χ2v) is 5.04. The molecule has 0 aromatic heterocycles. The van der Waals surface area contributed by atoms with Gasteiger partial charge in [0, 0.05) is 30.1 Å². The highest BCUT2D eigenvalue weighted by Crippen LogP contribution is 2.22. The molecule has 1 aliphatic heterocycles. The van der Waals surface area contributed by atoms with Crippen LogP contribution in [0.4, 0.5) is 0 Å². The molecule has 0 aromatic rings. The Morgan fingerprint density at radius 2 is 2.33 bits per heavy atom. The summed E-state index contributed by atoms with van der Waals surface area (Å²) in [5.74, 6) is 0.866. The summed E-state index contributed by atoms with van der Waals surface area (Å²) in [5.41, 5.74) is 10.2. The first-order valence-corrected chi connectivity index (χ1v) is 7.21. The maximum atomic E-state index is 8.80. The molecular weight excluding hydrogens is 244 g/mol. The lowest BCUT2D eigenvalue weighted by Gasteiger charge is -2.11. The molecule has 100 valence electrons. The monoisotopic (exact) mass is 266 g/mol. The van der Waals surface area contributed by atoms with E-state index in [1.807, 2.05) is 12.2 Å². The minimum absolute atomic E-state index is 0.108. The first kappa shape index (κ1) is 14.9. The molecule has 1 heterocycles. The number of thioether (sulfide) groups is 1. The predicted octanol–water partition coefficient (Wildman–Crippen LogP) is 2.28. The zero-order valence-corrected chi connectivity index (χ0v) is 11.7. The third kappa shape index (κ3) is 5.02. The Hall–Kier alpha value is -1.13. The van der Waals surface area contributed by atoms with Crippen molar-refractivity contribution in [3.63, 3.8) is 0 Å². The van der Waals surface area contributed by atoms with Gasteiger partial charge in [-0.05, 0) is 23.5 Å². The Kier molecular flexibility index (Phi) is 6.68. The van der Waals surface area contributed by atoms with Crippen LogP contribution >= 0.6 is 11.8 Å². The van der Waals surface area contributed by atoms with Crippen LogP contribution in [0.15, 0.2) is 46.7 Å². The van der Waals surface area contributed by atoms with E-state index in [9.17, 15) is 0 Å². The van der Waals surface area contributed by atoms with E-state index in [0.29, 0.717) is 6.54 Å². The van der Waals surface area contributed by atoms with Crippen LogP contribution in [0.5, 0.6) is 0 Å². The maximum Gasteiger partial charge on any atom is 0.0604 e. The van der Waals surface area contributed by atoms with Gasteiger partial charge in [-0.25, -0.2) is 0 Å². The Morgan fingerprint density at radius 3 is 3.00 bits per heavy atom. The van der Waals surface area contributed by atoms with Crippen molar-refractivity contribution < 1.29 is 5.11 Å². The molecule has 0 bridgehead atoms. The molecule has 0 radical (unpaired) electrons. The van der Waals surface area contributed by atoms with Crippen LogP contribution in [0.25, 0.3) is 0 Å². The van der Waals surface area contributed by atoms with Gasteiger partial charge in [0.2, 0.25) is 0 Å². The van der Waals surface area contributed by atoms with Crippen LogP contribution in [0, 0.1) is 0 Å². The predicted molar refractivity (Wildman–Crippen MR) is 80.0 cm³/mol. The van der Waals surface area contributed by atoms with E-state index in [4.69, 9.17) is 10.8 Å². The molecular formula is C14H22N2OS. The van der Waals surface area contributed by atoms with Crippen molar-refractivity contribution in [1.29, 1.82) is 0 Å². The topological polar surface area (TPSA) is 58.3 Å². The number of nitrogens with one attached hydrogen (secondary N) is 1. The van der Waals surface area contributed by atoms with E-state index in [1.165, 1.54) is 5.57 Å². The maximum absolute atomic E-state index is 8.80. The highest BCUT2D eigenvalue weighted by molar-refractivity contribution is 8.02. The highest BCUT2D eigenvalue weighted by atomic mass is 32.2. The summed E-state index contributed by atoms with van der Waals surface area (Å²) in [6.45, 7) is 6.77. The summed E-state index contributed by atoms with van der Waals surface area (Å²) in [6, 6.07) is 0. The van der Waals surface area contributed by atoms with Gasteiger partial charge in [0.15, 0.2) is 0 Å². The molecule has 1 aliphatic rings. The molecule has 0 unspecified atom stereocenters. The van der Waals surface area contributed by atoms with Gasteiger partial charge in [0.1, 0.15) is 0 Å². The number of allylic oxidation sites excluding steroid dienone is 4. The molecule has 4 N–H and O–H groups in total. The zero-order chi connectivity index (χ0) is 13.4. The van der Waals surface area contributed by atoms with Crippen LogP contribution in [-0.2, 0) is 0 Å². The Labute approximate surface area is 114 Å². The van der Waals surface area contributed by atoms with Gasteiger partial charge in [-0.1, -0.05) is 25.2 Å². The molecule has 0 spiro atoms. The minimum Gasteiger partial charge on any atom is -0.402 e. The average Bonchev–Trinajstić information content (AvgIpc) is 2.46. The van der Waals surface area contributed by atoms with Crippen molar-refractivity contribution in [1.82, 2.24) is 5.32 Å². The highest BCUT2D eigenvalue weighted by Gasteiger charge is 2.05. The van der Waals surface area contributed by atoms with Crippen LogP contribution < -0.4 is 11.1 Å². The second kappa shape index (κ2) is 8.06. The Morgan fingerprint density at radius 1 is 1.56 bits per heavy atom. The fourth-order valence-corrected chi connectivity index (χ4v) is 2.60. The third-order valence-corrected chi connectivity index (χ3v) is 3.69. The third-order valence-electron chi connectivity index (χ3n) is 2.71. The smallest absolute Gasteiger partial charge is 0.0604 e. The summed E-state index contributed by atoms with van der Waals surface area (Å²) >= 11 is 1.76. The summed E-state index contributed by atoms with van der Waals surface area (Å²) in [7, 11) is 0. The standard InChI is InChI=1S/C14H22N2OS/c1-3-12-8-14(15)5-4-13(10-18-9-12)11(2)16-6-7-17/h4-5,9,16-17H,2-3,6-8,10,15H2,1H3/b12-9-,13-4+,14-5+.